The predicted molar refractivity (Wildman–Crippen MR) is 230 cm³/mol. The number of hydrogen-bond acceptors (Lipinski definition) is 0. The standard InChI is InChI=1S/C25H25.C21H17.C2H7Si.2ClH.Zr/c1-3-4-9-18(2)21-16-20-12-8-15-24(25(20)17-21)23-14-7-11-19-10-5-6-13-22(19)23;1-14-12-20-15(2)10-11-19(21(20)13-14)18-9-5-7-16-6-3-4-8-17(16)18;1-3-2;;;/h5-8,10-18H,3-4,9H2,1-2H3;3-13H,1-2H3;3H,1-2H3;2*1H;/q;;;;;+2/p-2. The fourth-order valence-electron chi connectivity index (χ4n) is 9.90. The van der Waals surface area contributed by atoms with Crippen LogP contribution >= 0.6 is 17.0 Å². The first kappa shape index (κ1) is 36.0. The summed E-state index contributed by atoms with van der Waals surface area (Å²) in [5.74, 6) is -1.31. The van der Waals surface area contributed by atoms with E-state index in [9.17, 15) is 0 Å². The van der Waals surface area contributed by atoms with E-state index < -0.39 is 21.5 Å². The molecule has 0 N–H and O–H groups in total. The predicted octanol–water partition coefficient (Wildman–Crippen LogP) is 15.0. The van der Waals surface area contributed by atoms with Crippen molar-refractivity contribution in [3.8, 4) is 22.3 Å². The molecular formula is C48H49Cl2SiZr. The zero-order valence-corrected chi connectivity index (χ0v) is 36.4. The molecule has 0 saturated carbocycles. The quantitative estimate of drug-likeness (QED) is 0.128. The Kier molecular flexibility index (Phi) is 9.48. The van der Waals surface area contributed by atoms with Crippen LogP contribution in [0.3, 0.4) is 0 Å². The third-order valence-electron chi connectivity index (χ3n) is 12.6. The van der Waals surface area contributed by atoms with Gasteiger partial charge in [-0.05, 0) is 0 Å². The van der Waals surface area contributed by atoms with E-state index in [1.807, 2.05) is 0 Å². The van der Waals surface area contributed by atoms with Gasteiger partial charge in [0.2, 0.25) is 0 Å². The summed E-state index contributed by atoms with van der Waals surface area (Å²) in [6.45, 7) is 14.3. The van der Waals surface area contributed by atoms with Crippen LogP contribution in [-0.2, 0) is 15.6 Å². The van der Waals surface area contributed by atoms with E-state index in [4.69, 9.17) is 17.0 Å². The fraction of sp³-hybridized carbons (Fsp3) is 0.250. The van der Waals surface area contributed by atoms with E-state index in [0.717, 1.165) is 6.42 Å². The number of halogens is 2. The van der Waals surface area contributed by atoms with E-state index in [0.29, 0.717) is 5.92 Å². The van der Waals surface area contributed by atoms with Crippen LogP contribution < -0.4 is 0 Å². The van der Waals surface area contributed by atoms with Gasteiger partial charge in [0.15, 0.2) is 0 Å². The molecular weight excluding hydrogens is 767 g/mol. The fourth-order valence-corrected chi connectivity index (χ4v) is 42.0. The molecule has 0 bridgehead atoms. The normalized spacial score (nSPS) is 18.2. The summed E-state index contributed by atoms with van der Waals surface area (Å²) in [6.07, 6.45) is 8.55. The second kappa shape index (κ2) is 13.7. The first-order valence-corrected chi connectivity index (χ1v) is 35.5. The molecule has 0 aliphatic heterocycles. The van der Waals surface area contributed by atoms with Gasteiger partial charge in [0.1, 0.15) is 0 Å². The Balaban J connectivity index is 1.37. The van der Waals surface area contributed by atoms with Crippen LogP contribution in [0.5, 0.6) is 0 Å². The van der Waals surface area contributed by atoms with Gasteiger partial charge in [-0.25, -0.2) is 0 Å². The molecule has 6 aromatic carbocycles. The second-order valence-electron chi connectivity index (χ2n) is 15.9. The Morgan fingerprint density at radius 3 is 1.81 bits per heavy atom. The summed E-state index contributed by atoms with van der Waals surface area (Å²) in [6, 6.07) is 42.6. The van der Waals surface area contributed by atoms with Crippen molar-refractivity contribution in [2.24, 2.45) is 5.92 Å². The molecule has 0 amide bonds. The number of allylic oxidation sites excluding steroid dienone is 2. The zero-order chi connectivity index (χ0) is 36.4. The SMILES string of the molecule is CCCCC(C)C1=Cc2c(-c3cccc4ccccc34)cccc2[CH]1[Zr]([Cl])([Cl])([CH]1C(C)=Cc2c(-c3cccc4ccccc34)ccc(C)c21)[SiH](C)C. The minimum atomic E-state index is -4.97. The van der Waals surface area contributed by atoms with Crippen LogP contribution in [0.25, 0.3) is 56.0 Å². The van der Waals surface area contributed by atoms with Gasteiger partial charge < -0.3 is 0 Å². The molecule has 0 fully saturated rings. The first-order valence-electron chi connectivity index (χ1n) is 19.2. The van der Waals surface area contributed by atoms with Crippen molar-refractivity contribution in [3.63, 3.8) is 0 Å². The van der Waals surface area contributed by atoms with Crippen molar-refractivity contribution in [2.45, 2.75) is 67.3 Å². The molecule has 0 saturated heterocycles. The van der Waals surface area contributed by atoms with E-state index in [1.54, 1.807) is 0 Å². The van der Waals surface area contributed by atoms with Gasteiger partial charge in [-0.1, -0.05) is 0 Å². The van der Waals surface area contributed by atoms with Gasteiger partial charge in [-0.15, -0.1) is 0 Å². The molecule has 0 nitrogen and oxygen atoms in total. The molecule has 0 heterocycles. The first-order chi connectivity index (χ1) is 25.0. The van der Waals surface area contributed by atoms with Gasteiger partial charge in [0.05, 0.1) is 0 Å². The minimum absolute atomic E-state index is 0.0558. The Hall–Kier alpha value is -3.00. The van der Waals surface area contributed by atoms with Crippen molar-refractivity contribution >= 4 is 56.6 Å². The van der Waals surface area contributed by atoms with Crippen molar-refractivity contribution in [1.82, 2.24) is 0 Å². The van der Waals surface area contributed by atoms with Crippen LogP contribution in [0.4, 0.5) is 0 Å². The van der Waals surface area contributed by atoms with Crippen molar-refractivity contribution in [2.75, 3.05) is 0 Å². The van der Waals surface area contributed by atoms with Gasteiger partial charge in [0, 0.05) is 0 Å². The van der Waals surface area contributed by atoms with Crippen LogP contribution in [0.15, 0.2) is 126 Å². The van der Waals surface area contributed by atoms with Crippen molar-refractivity contribution in [1.29, 1.82) is 0 Å². The Bertz CT molecular complexity index is 2430. The summed E-state index contributed by atoms with van der Waals surface area (Å²) in [5, 5.41) is 5.10. The maximum atomic E-state index is 8.88. The molecule has 0 radical (unpaired) electrons. The molecule has 6 aromatic rings. The van der Waals surface area contributed by atoms with E-state index in [-0.39, 0.29) is 7.25 Å². The van der Waals surface area contributed by atoms with Crippen molar-refractivity contribution in [3.05, 3.63) is 154 Å². The Morgan fingerprint density at radius 2 is 1.19 bits per heavy atom. The molecule has 0 spiro atoms. The number of rotatable bonds is 9. The van der Waals surface area contributed by atoms with Gasteiger partial charge in [0.25, 0.3) is 0 Å². The monoisotopic (exact) mass is 813 g/mol. The van der Waals surface area contributed by atoms with Crippen LogP contribution in [0, 0.1) is 12.8 Å². The van der Waals surface area contributed by atoms with Gasteiger partial charge in [-0.2, -0.15) is 0 Å². The second-order valence-corrected chi connectivity index (χ2v) is 58.4. The average Bonchev–Trinajstić information content (AvgIpc) is 3.74. The molecule has 2 aliphatic rings. The number of aryl methyl sites for hydroxylation is 1. The molecule has 3 unspecified atom stereocenters. The van der Waals surface area contributed by atoms with E-state index in [1.165, 1.54) is 95.6 Å². The maximum absolute atomic E-state index is 8.88. The van der Waals surface area contributed by atoms with Crippen LogP contribution in [-0.4, -0.2) is 5.92 Å². The molecule has 8 rings (SSSR count). The molecule has 0 aromatic heterocycles. The summed E-state index contributed by atoms with van der Waals surface area (Å²) in [4.78, 5) is 0. The van der Waals surface area contributed by atoms with Gasteiger partial charge in [-0.3, -0.25) is 0 Å². The van der Waals surface area contributed by atoms with E-state index >= 15 is 0 Å². The molecule has 263 valence electrons. The van der Waals surface area contributed by atoms with Crippen molar-refractivity contribution < 1.29 is 15.6 Å². The summed E-state index contributed by atoms with van der Waals surface area (Å²) < 4.78 is 0.119. The summed E-state index contributed by atoms with van der Waals surface area (Å²) in [7, 11) is 17.8. The Morgan fingerprint density at radius 1 is 0.635 bits per heavy atom. The molecule has 3 atom stereocenters. The molecule has 52 heavy (non-hydrogen) atoms. The van der Waals surface area contributed by atoms with Gasteiger partial charge >= 0.3 is 322 Å². The summed E-state index contributed by atoms with van der Waals surface area (Å²) >= 11 is -4.97. The third-order valence-corrected chi connectivity index (χ3v) is 64.6. The topological polar surface area (TPSA) is 0 Å². The van der Waals surface area contributed by atoms with Crippen LogP contribution in [0.1, 0.15) is 75.1 Å². The zero-order valence-electron chi connectivity index (χ0n) is 31.3. The molecule has 4 heteroatoms. The number of benzene rings is 6. The van der Waals surface area contributed by atoms with Crippen LogP contribution in [0.2, 0.25) is 13.1 Å². The Labute approximate surface area is 319 Å². The number of fused-ring (bicyclic) bond motifs is 4. The number of hydrogen-bond donors (Lipinski definition) is 0. The summed E-state index contributed by atoms with van der Waals surface area (Å²) in [5.41, 5.74) is 14.7. The molecule has 2 aliphatic carbocycles. The third kappa shape index (κ3) is 5.54. The average molecular weight is 816 g/mol. The van der Waals surface area contributed by atoms with E-state index in [2.05, 4.69) is 168 Å². The number of unbranched alkanes of at least 4 members (excludes halogenated alkanes) is 1.